The Hall–Kier alpha value is -2.10. The average molecular weight is 441 g/mol. The maximum atomic E-state index is 12.0. The number of rotatable bonds is 7. The summed E-state index contributed by atoms with van der Waals surface area (Å²) in [7, 11) is -3.34. The zero-order valence-electron chi connectivity index (χ0n) is 16.4. The van der Waals surface area contributed by atoms with Crippen molar-refractivity contribution in [1.29, 1.82) is 0 Å². The number of carbonyl (C=O) groups excluding carboxylic acids is 1. The highest BCUT2D eigenvalue weighted by Gasteiger charge is 2.33. The van der Waals surface area contributed by atoms with Crippen molar-refractivity contribution in [3.63, 3.8) is 0 Å². The summed E-state index contributed by atoms with van der Waals surface area (Å²) in [5.41, 5.74) is 0.846. The van der Waals surface area contributed by atoms with Crippen LogP contribution >= 0.6 is 11.6 Å². The Bertz CT molecular complexity index is 945. The molecule has 1 aromatic carbocycles. The van der Waals surface area contributed by atoms with Crippen LogP contribution in [0.1, 0.15) is 20.3 Å². The highest BCUT2D eigenvalue weighted by Crippen LogP contribution is 2.22. The Labute approximate surface area is 175 Å². The second kappa shape index (κ2) is 9.15. The standard InChI is InChI=1S/C19H25ClN4O4S/c1-3-29(26,27)22-19-8-9-23(14(2)25)11-15(19)13-28-18-6-4-17(5-7-18)24-12-16(20)10-21-24/h4-7,10,12,15,19,22H,3,8-9,11,13H2,1-2H3. The lowest BCUT2D eigenvalue weighted by atomic mass is 9.93. The number of nitrogens with one attached hydrogen (secondary N) is 1. The molecule has 3 rings (SSSR count). The predicted octanol–water partition coefficient (Wildman–Crippen LogP) is 2.08. The van der Waals surface area contributed by atoms with Crippen LogP contribution < -0.4 is 9.46 Å². The summed E-state index contributed by atoms with van der Waals surface area (Å²) >= 11 is 5.90. The second-order valence-electron chi connectivity index (χ2n) is 7.05. The van der Waals surface area contributed by atoms with Crippen LogP contribution in [0.25, 0.3) is 5.69 Å². The van der Waals surface area contributed by atoms with Crippen molar-refractivity contribution in [1.82, 2.24) is 19.4 Å². The van der Waals surface area contributed by atoms with Crippen LogP contribution in [0.4, 0.5) is 0 Å². The van der Waals surface area contributed by atoms with Gasteiger partial charge in [-0.2, -0.15) is 5.10 Å². The largest absolute Gasteiger partial charge is 0.493 e. The number of ether oxygens (including phenoxy) is 1. The van der Waals surface area contributed by atoms with E-state index in [1.807, 2.05) is 24.3 Å². The Morgan fingerprint density at radius 1 is 1.34 bits per heavy atom. The molecule has 0 saturated carbocycles. The van der Waals surface area contributed by atoms with Gasteiger partial charge in [-0.15, -0.1) is 0 Å². The van der Waals surface area contributed by atoms with E-state index in [2.05, 4.69) is 9.82 Å². The van der Waals surface area contributed by atoms with Gasteiger partial charge >= 0.3 is 0 Å². The number of amides is 1. The van der Waals surface area contributed by atoms with E-state index in [0.29, 0.717) is 36.9 Å². The zero-order chi connectivity index (χ0) is 21.0. The summed E-state index contributed by atoms with van der Waals surface area (Å²) in [6.45, 7) is 4.41. The molecule has 8 nitrogen and oxygen atoms in total. The van der Waals surface area contributed by atoms with E-state index in [1.54, 1.807) is 28.9 Å². The Balaban J connectivity index is 1.66. The molecule has 1 saturated heterocycles. The molecule has 2 unspecified atom stereocenters. The van der Waals surface area contributed by atoms with E-state index < -0.39 is 10.0 Å². The quantitative estimate of drug-likeness (QED) is 0.711. The van der Waals surface area contributed by atoms with Gasteiger partial charge < -0.3 is 9.64 Å². The first-order valence-corrected chi connectivity index (χ1v) is 11.5. The van der Waals surface area contributed by atoms with Crippen molar-refractivity contribution < 1.29 is 17.9 Å². The first-order valence-electron chi connectivity index (χ1n) is 9.46. The van der Waals surface area contributed by atoms with Gasteiger partial charge in [0.15, 0.2) is 0 Å². The van der Waals surface area contributed by atoms with Crippen molar-refractivity contribution in [3.05, 3.63) is 41.7 Å². The summed E-state index contributed by atoms with van der Waals surface area (Å²) in [6, 6.07) is 7.10. The van der Waals surface area contributed by atoms with Crippen LogP contribution in [0.3, 0.4) is 0 Å². The summed E-state index contributed by atoms with van der Waals surface area (Å²) < 4.78 is 34.4. The van der Waals surface area contributed by atoms with Gasteiger partial charge in [0.2, 0.25) is 15.9 Å². The molecule has 2 heterocycles. The molecule has 0 spiro atoms. The molecule has 1 N–H and O–H groups in total. The van der Waals surface area contributed by atoms with Gasteiger partial charge in [0, 0.05) is 38.2 Å². The summed E-state index contributed by atoms with van der Waals surface area (Å²) in [5, 5.41) is 4.71. The van der Waals surface area contributed by atoms with Crippen molar-refractivity contribution in [2.45, 2.75) is 26.3 Å². The number of benzene rings is 1. The maximum absolute atomic E-state index is 12.0. The summed E-state index contributed by atoms with van der Waals surface area (Å²) in [5.74, 6) is 0.517. The topological polar surface area (TPSA) is 93.5 Å². The van der Waals surface area contributed by atoms with Crippen LogP contribution in [0.2, 0.25) is 5.02 Å². The van der Waals surface area contributed by atoms with Gasteiger partial charge in [0.25, 0.3) is 0 Å². The highest BCUT2D eigenvalue weighted by molar-refractivity contribution is 7.89. The molecule has 1 amide bonds. The summed E-state index contributed by atoms with van der Waals surface area (Å²) in [4.78, 5) is 13.5. The second-order valence-corrected chi connectivity index (χ2v) is 9.53. The smallest absolute Gasteiger partial charge is 0.219 e. The number of halogens is 1. The van der Waals surface area contributed by atoms with Gasteiger partial charge in [0.05, 0.1) is 29.3 Å². The van der Waals surface area contributed by atoms with E-state index in [9.17, 15) is 13.2 Å². The lowest BCUT2D eigenvalue weighted by Crippen LogP contribution is -2.53. The molecule has 2 aromatic rings. The molecule has 1 aliphatic rings. The van der Waals surface area contributed by atoms with Crippen molar-refractivity contribution >= 4 is 27.5 Å². The predicted molar refractivity (Wildman–Crippen MR) is 111 cm³/mol. The van der Waals surface area contributed by atoms with E-state index in [0.717, 1.165) is 5.69 Å². The third-order valence-electron chi connectivity index (χ3n) is 5.01. The minimum Gasteiger partial charge on any atom is -0.493 e. The number of likely N-dealkylation sites (tertiary alicyclic amines) is 1. The molecule has 158 valence electrons. The average Bonchev–Trinajstić information content (AvgIpc) is 3.13. The van der Waals surface area contributed by atoms with Crippen molar-refractivity contribution in [3.8, 4) is 11.4 Å². The van der Waals surface area contributed by atoms with Crippen LogP contribution in [0, 0.1) is 5.92 Å². The van der Waals surface area contributed by atoms with Gasteiger partial charge in [0.1, 0.15) is 5.75 Å². The van der Waals surface area contributed by atoms with E-state index in [4.69, 9.17) is 16.3 Å². The number of carbonyl (C=O) groups is 1. The molecule has 0 bridgehead atoms. The lowest BCUT2D eigenvalue weighted by Gasteiger charge is -2.38. The number of hydrogen-bond acceptors (Lipinski definition) is 5. The van der Waals surface area contributed by atoms with E-state index in [-0.39, 0.29) is 23.6 Å². The van der Waals surface area contributed by atoms with Crippen molar-refractivity contribution in [2.75, 3.05) is 25.4 Å². The molecular weight excluding hydrogens is 416 g/mol. The van der Waals surface area contributed by atoms with Crippen LogP contribution in [0.15, 0.2) is 36.7 Å². The molecule has 0 radical (unpaired) electrons. The fourth-order valence-corrected chi connectivity index (χ4v) is 4.37. The third-order valence-corrected chi connectivity index (χ3v) is 6.62. The molecule has 1 aliphatic heterocycles. The van der Waals surface area contributed by atoms with Gasteiger partial charge in [-0.25, -0.2) is 17.8 Å². The van der Waals surface area contributed by atoms with Gasteiger partial charge in [-0.1, -0.05) is 11.6 Å². The normalized spacial score (nSPS) is 19.9. The molecule has 0 aliphatic carbocycles. The molecular formula is C19H25ClN4O4S. The number of piperidine rings is 1. The molecule has 29 heavy (non-hydrogen) atoms. The first kappa shape index (κ1) is 21.6. The molecule has 1 aromatic heterocycles. The SMILES string of the molecule is CCS(=O)(=O)NC1CCN(C(C)=O)CC1COc1ccc(-n2cc(Cl)cn2)cc1. The Kier molecular flexibility index (Phi) is 6.81. The van der Waals surface area contributed by atoms with Crippen LogP contribution in [-0.2, 0) is 14.8 Å². The minimum absolute atomic E-state index is 0.0194. The number of nitrogens with zero attached hydrogens (tertiary/aromatic N) is 3. The van der Waals surface area contributed by atoms with E-state index in [1.165, 1.54) is 6.92 Å². The first-order chi connectivity index (χ1) is 13.8. The molecule has 2 atom stereocenters. The Morgan fingerprint density at radius 3 is 2.66 bits per heavy atom. The lowest BCUT2D eigenvalue weighted by molar-refractivity contribution is -0.131. The fraction of sp³-hybridized carbons (Fsp3) is 0.474. The van der Waals surface area contributed by atoms with Gasteiger partial charge in [-0.3, -0.25) is 4.79 Å². The summed E-state index contributed by atoms with van der Waals surface area (Å²) in [6.07, 6.45) is 3.83. The zero-order valence-corrected chi connectivity index (χ0v) is 18.0. The van der Waals surface area contributed by atoms with Crippen molar-refractivity contribution in [2.24, 2.45) is 5.92 Å². The number of aromatic nitrogens is 2. The van der Waals surface area contributed by atoms with E-state index >= 15 is 0 Å². The molecule has 1 fully saturated rings. The van der Waals surface area contributed by atoms with Crippen LogP contribution in [0.5, 0.6) is 5.75 Å². The monoisotopic (exact) mass is 440 g/mol. The van der Waals surface area contributed by atoms with Gasteiger partial charge in [-0.05, 0) is 37.6 Å². The fourth-order valence-electron chi connectivity index (χ4n) is 3.30. The molecule has 10 heteroatoms. The van der Waals surface area contributed by atoms with Crippen LogP contribution in [-0.4, -0.2) is 60.5 Å². The number of sulfonamides is 1. The Morgan fingerprint density at radius 2 is 2.07 bits per heavy atom. The minimum atomic E-state index is -3.34. The number of hydrogen-bond donors (Lipinski definition) is 1. The third kappa shape index (κ3) is 5.71. The maximum Gasteiger partial charge on any atom is 0.219 e. The highest BCUT2D eigenvalue weighted by atomic mass is 35.5.